The molecule has 14 heavy (non-hydrogen) atoms. The zero-order chi connectivity index (χ0) is 10.4. The van der Waals surface area contributed by atoms with Gasteiger partial charge in [-0.15, -0.1) is 0 Å². The van der Waals surface area contributed by atoms with Crippen LogP contribution in [0.25, 0.3) is 0 Å². The van der Waals surface area contributed by atoms with E-state index in [9.17, 15) is 0 Å². The highest BCUT2D eigenvalue weighted by molar-refractivity contribution is 5.28. The number of hydrogen-bond donors (Lipinski definition) is 1. The molecule has 78 valence electrons. The first-order valence-corrected chi connectivity index (χ1v) is 5.14. The van der Waals surface area contributed by atoms with Crippen molar-refractivity contribution in [1.82, 2.24) is 0 Å². The maximum absolute atomic E-state index is 6.06. The van der Waals surface area contributed by atoms with Gasteiger partial charge in [0.25, 0.3) is 0 Å². The Morgan fingerprint density at radius 1 is 1.36 bits per heavy atom. The summed E-state index contributed by atoms with van der Waals surface area (Å²) in [4.78, 5) is 0. The number of benzene rings is 1. The van der Waals surface area contributed by atoms with E-state index in [-0.39, 0.29) is 6.04 Å². The molecular formula is C12H19NO. The Kier molecular flexibility index (Phi) is 4.63. The average molecular weight is 193 g/mol. The third-order valence-corrected chi connectivity index (χ3v) is 2.37. The molecule has 1 aromatic rings. The average Bonchev–Trinajstić information content (AvgIpc) is 2.18. The fourth-order valence-corrected chi connectivity index (χ4v) is 1.51. The van der Waals surface area contributed by atoms with Crippen LogP contribution in [0.15, 0.2) is 24.3 Å². The number of ether oxygens (including phenoxy) is 1. The van der Waals surface area contributed by atoms with E-state index in [1.807, 2.05) is 19.1 Å². The van der Waals surface area contributed by atoms with Gasteiger partial charge in [-0.1, -0.05) is 24.3 Å². The first-order valence-electron chi connectivity index (χ1n) is 5.14. The molecule has 0 aliphatic carbocycles. The van der Waals surface area contributed by atoms with Crippen LogP contribution in [0.3, 0.4) is 0 Å². The van der Waals surface area contributed by atoms with Crippen LogP contribution in [0, 0.1) is 6.92 Å². The van der Waals surface area contributed by atoms with Gasteiger partial charge >= 0.3 is 0 Å². The van der Waals surface area contributed by atoms with Crippen molar-refractivity contribution in [3.05, 3.63) is 35.4 Å². The molecule has 1 unspecified atom stereocenters. The lowest BCUT2D eigenvalue weighted by molar-refractivity contribution is 0.140. The molecule has 1 rings (SSSR count). The minimum atomic E-state index is 0.0998. The fraction of sp³-hybridized carbons (Fsp3) is 0.500. The highest BCUT2D eigenvalue weighted by atomic mass is 16.5. The van der Waals surface area contributed by atoms with Crippen molar-refractivity contribution in [2.24, 2.45) is 5.73 Å². The minimum Gasteiger partial charge on any atom is -0.382 e. The molecule has 2 heteroatoms. The maximum atomic E-state index is 6.06. The zero-order valence-electron chi connectivity index (χ0n) is 8.99. The summed E-state index contributed by atoms with van der Waals surface area (Å²) in [6.45, 7) is 5.60. The van der Waals surface area contributed by atoms with Crippen molar-refractivity contribution >= 4 is 0 Å². The quantitative estimate of drug-likeness (QED) is 0.729. The smallest absolute Gasteiger partial charge is 0.0483 e. The van der Waals surface area contributed by atoms with Crippen molar-refractivity contribution in [3.63, 3.8) is 0 Å². The Bertz CT molecular complexity index is 273. The van der Waals surface area contributed by atoms with Gasteiger partial charge in [-0.05, 0) is 31.4 Å². The van der Waals surface area contributed by atoms with Crippen LogP contribution in [0.2, 0.25) is 0 Å². The highest BCUT2D eigenvalue weighted by Gasteiger charge is 2.07. The van der Waals surface area contributed by atoms with E-state index < -0.39 is 0 Å². The molecule has 0 heterocycles. The maximum Gasteiger partial charge on any atom is 0.0483 e. The summed E-state index contributed by atoms with van der Waals surface area (Å²) in [6.07, 6.45) is 0.888. The van der Waals surface area contributed by atoms with Gasteiger partial charge in [0.05, 0.1) is 0 Å². The monoisotopic (exact) mass is 193 g/mol. The highest BCUT2D eigenvalue weighted by Crippen LogP contribution is 2.17. The summed E-state index contributed by atoms with van der Waals surface area (Å²) in [5.74, 6) is 0. The Labute approximate surface area is 86.1 Å². The molecule has 0 aromatic heterocycles. The summed E-state index contributed by atoms with van der Waals surface area (Å²) >= 11 is 0. The van der Waals surface area contributed by atoms with Gasteiger partial charge in [-0.25, -0.2) is 0 Å². The van der Waals surface area contributed by atoms with Crippen LogP contribution in [-0.4, -0.2) is 13.2 Å². The third kappa shape index (κ3) is 3.13. The molecule has 2 nitrogen and oxygen atoms in total. The van der Waals surface area contributed by atoms with E-state index in [0.717, 1.165) is 19.6 Å². The van der Waals surface area contributed by atoms with Crippen LogP contribution in [-0.2, 0) is 4.74 Å². The number of nitrogens with two attached hydrogens (primary N) is 1. The predicted octanol–water partition coefficient (Wildman–Crippen LogP) is 2.42. The van der Waals surface area contributed by atoms with Gasteiger partial charge < -0.3 is 10.5 Å². The van der Waals surface area contributed by atoms with Crippen LogP contribution in [0.1, 0.15) is 30.5 Å². The topological polar surface area (TPSA) is 35.2 Å². The van der Waals surface area contributed by atoms with Crippen LogP contribution in [0.5, 0.6) is 0 Å². The fourth-order valence-electron chi connectivity index (χ4n) is 1.51. The van der Waals surface area contributed by atoms with Crippen LogP contribution in [0.4, 0.5) is 0 Å². The van der Waals surface area contributed by atoms with Crippen molar-refractivity contribution < 1.29 is 4.74 Å². The van der Waals surface area contributed by atoms with Crippen molar-refractivity contribution in [2.75, 3.05) is 13.2 Å². The Balaban J connectivity index is 2.51. The molecule has 0 saturated heterocycles. The molecule has 0 bridgehead atoms. The number of hydrogen-bond acceptors (Lipinski definition) is 2. The van der Waals surface area contributed by atoms with Crippen LogP contribution < -0.4 is 5.73 Å². The molecular weight excluding hydrogens is 174 g/mol. The molecule has 0 radical (unpaired) electrons. The lowest BCUT2D eigenvalue weighted by atomic mass is 10.00. The van der Waals surface area contributed by atoms with Gasteiger partial charge in [-0.2, -0.15) is 0 Å². The van der Waals surface area contributed by atoms with E-state index in [0.29, 0.717) is 0 Å². The summed E-state index contributed by atoms with van der Waals surface area (Å²) in [7, 11) is 0. The van der Waals surface area contributed by atoms with Gasteiger partial charge in [0.2, 0.25) is 0 Å². The normalized spacial score (nSPS) is 12.8. The van der Waals surface area contributed by atoms with Crippen molar-refractivity contribution in [2.45, 2.75) is 26.3 Å². The van der Waals surface area contributed by atoms with E-state index in [1.165, 1.54) is 11.1 Å². The van der Waals surface area contributed by atoms with Crippen LogP contribution >= 0.6 is 0 Å². The molecule has 1 atom stereocenters. The summed E-state index contributed by atoms with van der Waals surface area (Å²) in [5.41, 5.74) is 8.55. The van der Waals surface area contributed by atoms with Crippen molar-refractivity contribution in [1.29, 1.82) is 0 Å². The minimum absolute atomic E-state index is 0.0998. The molecule has 0 aliphatic rings. The zero-order valence-corrected chi connectivity index (χ0v) is 8.99. The Hall–Kier alpha value is -0.860. The lowest BCUT2D eigenvalue weighted by Gasteiger charge is -2.14. The second-order valence-corrected chi connectivity index (χ2v) is 3.45. The summed E-state index contributed by atoms with van der Waals surface area (Å²) in [6, 6.07) is 8.35. The molecule has 2 N–H and O–H groups in total. The second-order valence-electron chi connectivity index (χ2n) is 3.45. The molecule has 0 spiro atoms. The standard InChI is InChI=1S/C12H19NO/c1-3-14-9-8-12(13)11-7-5-4-6-10(11)2/h4-7,12H,3,8-9,13H2,1-2H3. The van der Waals surface area contributed by atoms with E-state index in [4.69, 9.17) is 10.5 Å². The van der Waals surface area contributed by atoms with Crippen molar-refractivity contribution in [3.8, 4) is 0 Å². The molecule has 0 aliphatic heterocycles. The van der Waals surface area contributed by atoms with E-state index in [2.05, 4.69) is 19.1 Å². The van der Waals surface area contributed by atoms with Gasteiger partial charge in [0.15, 0.2) is 0 Å². The number of rotatable bonds is 5. The molecule has 0 saturated carbocycles. The summed E-state index contributed by atoms with van der Waals surface area (Å²) in [5, 5.41) is 0. The lowest BCUT2D eigenvalue weighted by Crippen LogP contribution is -2.14. The number of aryl methyl sites for hydroxylation is 1. The molecule has 0 fully saturated rings. The predicted molar refractivity (Wildman–Crippen MR) is 59.2 cm³/mol. The second kappa shape index (κ2) is 5.78. The Morgan fingerprint density at radius 2 is 2.07 bits per heavy atom. The largest absolute Gasteiger partial charge is 0.382 e. The Morgan fingerprint density at radius 3 is 2.71 bits per heavy atom. The van der Waals surface area contributed by atoms with Gasteiger partial charge in [0, 0.05) is 19.3 Å². The van der Waals surface area contributed by atoms with Gasteiger partial charge in [0.1, 0.15) is 0 Å². The van der Waals surface area contributed by atoms with Gasteiger partial charge in [-0.3, -0.25) is 0 Å². The molecule has 0 amide bonds. The van der Waals surface area contributed by atoms with E-state index >= 15 is 0 Å². The molecule has 1 aromatic carbocycles. The summed E-state index contributed by atoms with van der Waals surface area (Å²) < 4.78 is 5.29. The third-order valence-electron chi connectivity index (χ3n) is 2.37. The first-order chi connectivity index (χ1) is 6.75. The SMILES string of the molecule is CCOCCC(N)c1ccccc1C. The van der Waals surface area contributed by atoms with E-state index in [1.54, 1.807) is 0 Å². The first kappa shape index (κ1) is 11.2.